The number of carbonyl (C=O) groups excluding carboxylic acids is 2. The fraction of sp³-hybridized carbons (Fsp3) is 0.417. The van der Waals surface area contributed by atoms with Gasteiger partial charge in [-0.15, -0.1) is 0 Å². The topological polar surface area (TPSA) is 52.7 Å². The molecule has 2 aliphatic rings. The molecule has 5 nitrogen and oxygen atoms in total. The number of nitrogens with zero attached hydrogens (tertiary/aromatic N) is 2. The van der Waals surface area contributed by atoms with Gasteiger partial charge in [0.05, 0.1) is 5.92 Å². The lowest BCUT2D eigenvalue weighted by atomic mass is 10.1. The number of carbonyl (C=O) groups is 2. The fourth-order valence-corrected chi connectivity index (χ4v) is 4.20. The van der Waals surface area contributed by atoms with E-state index in [4.69, 9.17) is 0 Å². The van der Waals surface area contributed by atoms with Crippen molar-refractivity contribution in [3.63, 3.8) is 0 Å². The number of amides is 2. The normalized spacial score (nSPS) is 19.5. The second kappa shape index (κ2) is 8.68. The van der Waals surface area contributed by atoms with E-state index in [1.165, 1.54) is 30.5 Å². The van der Waals surface area contributed by atoms with E-state index in [1.807, 2.05) is 36.4 Å². The van der Waals surface area contributed by atoms with Gasteiger partial charge in [0.1, 0.15) is 0 Å². The molecule has 0 saturated carbocycles. The zero-order valence-corrected chi connectivity index (χ0v) is 17.1. The van der Waals surface area contributed by atoms with Crippen molar-refractivity contribution in [2.24, 2.45) is 5.92 Å². The summed E-state index contributed by atoms with van der Waals surface area (Å²) in [5.41, 5.74) is 4.10. The molecular formula is C24H29N3O2. The van der Waals surface area contributed by atoms with E-state index in [2.05, 4.69) is 29.3 Å². The van der Waals surface area contributed by atoms with Crippen LogP contribution in [0.2, 0.25) is 0 Å². The minimum Gasteiger partial charge on any atom is -0.372 e. The summed E-state index contributed by atoms with van der Waals surface area (Å²) < 4.78 is 0. The van der Waals surface area contributed by atoms with Gasteiger partial charge >= 0.3 is 0 Å². The Balaban J connectivity index is 1.36. The molecule has 0 aromatic heterocycles. The highest BCUT2D eigenvalue weighted by atomic mass is 16.2. The molecule has 2 heterocycles. The molecule has 0 spiro atoms. The van der Waals surface area contributed by atoms with Gasteiger partial charge in [0, 0.05) is 43.1 Å². The average Bonchev–Trinajstić information content (AvgIpc) is 3.17. The van der Waals surface area contributed by atoms with E-state index in [0.29, 0.717) is 6.54 Å². The first-order valence-corrected chi connectivity index (χ1v) is 10.7. The number of hydrogen-bond acceptors (Lipinski definition) is 3. The van der Waals surface area contributed by atoms with Crippen LogP contribution in [0.25, 0.3) is 0 Å². The van der Waals surface area contributed by atoms with E-state index >= 15 is 0 Å². The highest BCUT2D eigenvalue weighted by Crippen LogP contribution is 2.27. The van der Waals surface area contributed by atoms with Crippen LogP contribution in [0.3, 0.4) is 0 Å². The summed E-state index contributed by atoms with van der Waals surface area (Å²) in [5, 5.41) is 2.99. The number of piperidine rings is 1. The van der Waals surface area contributed by atoms with Gasteiger partial charge in [-0.3, -0.25) is 9.59 Å². The van der Waals surface area contributed by atoms with Crippen molar-refractivity contribution >= 4 is 28.9 Å². The van der Waals surface area contributed by atoms with Crippen LogP contribution in [0.4, 0.5) is 17.1 Å². The van der Waals surface area contributed by atoms with Crippen LogP contribution in [-0.4, -0.2) is 31.4 Å². The smallest absolute Gasteiger partial charge is 0.229 e. The van der Waals surface area contributed by atoms with Crippen molar-refractivity contribution in [3.8, 4) is 0 Å². The second-order valence-electron chi connectivity index (χ2n) is 8.01. The SMILES string of the molecule is CCc1ccc(N2CC(C(=O)Nc3ccc(N4CCCCC4)cc3)CC2=O)cc1. The largest absolute Gasteiger partial charge is 0.372 e. The first kappa shape index (κ1) is 19.5. The fourth-order valence-electron chi connectivity index (χ4n) is 4.20. The molecule has 2 aromatic carbocycles. The summed E-state index contributed by atoms with van der Waals surface area (Å²) in [6.45, 7) is 4.74. The molecule has 4 rings (SSSR count). The Bertz CT molecular complexity index is 855. The molecule has 29 heavy (non-hydrogen) atoms. The van der Waals surface area contributed by atoms with Crippen LogP contribution >= 0.6 is 0 Å². The van der Waals surface area contributed by atoms with Crippen LogP contribution in [0.1, 0.15) is 38.2 Å². The molecule has 152 valence electrons. The lowest BCUT2D eigenvalue weighted by Gasteiger charge is -2.28. The van der Waals surface area contributed by atoms with Crippen LogP contribution in [0, 0.1) is 5.92 Å². The molecule has 1 unspecified atom stereocenters. The molecule has 2 amide bonds. The van der Waals surface area contributed by atoms with Crippen LogP contribution in [0.15, 0.2) is 48.5 Å². The van der Waals surface area contributed by atoms with E-state index in [1.54, 1.807) is 4.90 Å². The first-order chi connectivity index (χ1) is 14.1. The zero-order chi connectivity index (χ0) is 20.2. The predicted octanol–water partition coefficient (Wildman–Crippen LogP) is 4.23. The van der Waals surface area contributed by atoms with E-state index in [0.717, 1.165) is 30.9 Å². The highest BCUT2D eigenvalue weighted by Gasteiger charge is 2.35. The van der Waals surface area contributed by atoms with Crippen molar-refractivity contribution in [2.45, 2.75) is 39.0 Å². The number of anilines is 3. The number of rotatable bonds is 5. The number of nitrogens with one attached hydrogen (secondary N) is 1. The van der Waals surface area contributed by atoms with Crippen LogP contribution in [-0.2, 0) is 16.0 Å². The highest BCUT2D eigenvalue weighted by molar-refractivity contribution is 6.03. The standard InChI is InChI=1S/C24H29N3O2/c1-2-18-6-10-22(11-7-18)27-17-19(16-23(27)28)24(29)25-20-8-12-21(13-9-20)26-14-4-3-5-15-26/h6-13,19H,2-5,14-17H2,1H3,(H,25,29). The minimum absolute atomic E-state index is 0.00912. The van der Waals surface area contributed by atoms with Gasteiger partial charge in [-0.1, -0.05) is 19.1 Å². The van der Waals surface area contributed by atoms with E-state index < -0.39 is 0 Å². The number of benzene rings is 2. The first-order valence-electron chi connectivity index (χ1n) is 10.7. The summed E-state index contributed by atoms with van der Waals surface area (Å²) in [6, 6.07) is 16.1. The summed E-state index contributed by atoms with van der Waals surface area (Å²) in [5.74, 6) is -0.401. The van der Waals surface area contributed by atoms with Crippen molar-refractivity contribution in [3.05, 3.63) is 54.1 Å². The van der Waals surface area contributed by atoms with Crippen molar-refractivity contribution in [1.29, 1.82) is 0 Å². The number of aryl methyl sites for hydroxylation is 1. The van der Waals surface area contributed by atoms with Gasteiger partial charge in [0.15, 0.2) is 0 Å². The van der Waals surface area contributed by atoms with Gasteiger partial charge in [0.2, 0.25) is 11.8 Å². The van der Waals surface area contributed by atoms with Crippen molar-refractivity contribution in [2.75, 3.05) is 34.8 Å². The summed E-state index contributed by atoms with van der Waals surface area (Å²) in [6.07, 6.45) is 5.02. The molecule has 0 bridgehead atoms. The Morgan fingerprint density at radius 1 is 0.966 bits per heavy atom. The predicted molar refractivity (Wildman–Crippen MR) is 117 cm³/mol. The van der Waals surface area contributed by atoms with E-state index in [-0.39, 0.29) is 24.2 Å². The lowest BCUT2D eigenvalue weighted by Crippen LogP contribution is -2.29. The Labute approximate surface area is 172 Å². The molecule has 2 aromatic rings. The lowest BCUT2D eigenvalue weighted by molar-refractivity contribution is -0.122. The van der Waals surface area contributed by atoms with Crippen molar-refractivity contribution < 1.29 is 9.59 Å². The maximum Gasteiger partial charge on any atom is 0.229 e. The Hall–Kier alpha value is -2.82. The molecule has 1 atom stereocenters. The molecule has 1 N–H and O–H groups in total. The maximum absolute atomic E-state index is 12.7. The maximum atomic E-state index is 12.7. The summed E-state index contributed by atoms with van der Waals surface area (Å²) in [4.78, 5) is 29.3. The summed E-state index contributed by atoms with van der Waals surface area (Å²) in [7, 11) is 0. The molecule has 2 saturated heterocycles. The third-order valence-electron chi connectivity index (χ3n) is 6.01. The molecule has 0 aliphatic carbocycles. The molecule has 5 heteroatoms. The van der Waals surface area contributed by atoms with E-state index in [9.17, 15) is 9.59 Å². The zero-order valence-electron chi connectivity index (χ0n) is 17.1. The molecule has 0 radical (unpaired) electrons. The molecule has 2 aliphatic heterocycles. The van der Waals surface area contributed by atoms with Crippen molar-refractivity contribution in [1.82, 2.24) is 0 Å². The van der Waals surface area contributed by atoms with Gasteiger partial charge in [-0.25, -0.2) is 0 Å². The third-order valence-corrected chi connectivity index (χ3v) is 6.01. The van der Waals surface area contributed by atoms with Crippen LogP contribution in [0.5, 0.6) is 0 Å². The van der Waals surface area contributed by atoms with Gasteiger partial charge in [-0.05, 0) is 67.6 Å². The summed E-state index contributed by atoms with van der Waals surface area (Å²) >= 11 is 0. The molecule has 2 fully saturated rings. The number of hydrogen-bond donors (Lipinski definition) is 1. The average molecular weight is 392 g/mol. The second-order valence-corrected chi connectivity index (χ2v) is 8.01. The molecular weight excluding hydrogens is 362 g/mol. The quantitative estimate of drug-likeness (QED) is 0.830. The van der Waals surface area contributed by atoms with Crippen LogP contribution < -0.4 is 15.1 Å². The Morgan fingerprint density at radius 3 is 2.28 bits per heavy atom. The van der Waals surface area contributed by atoms with Gasteiger partial charge < -0.3 is 15.1 Å². The Morgan fingerprint density at radius 2 is 1.62 bits per heavy atom. The Kier molecular flexibility index (Phi) is 5.84. The van der Waals surface area contributed by atoms with Gasteiger partial charge in [0.25, 0.3) is 0 Å². The monoisotopic (exact) mass is 391 g/mol. The third kappa shape index (κ3) is 4.44. The van der Waals surface area contributed by atoms with Gasteiger partial charge in [-0.2, -0.15) is 0 Å². The minimum atomic E-state index is -0.324.